The lowest BCUT2D eigenvalue weighted by Crippen LogP contribution is -2.34. The predicted octanol–water partition coefficient (Wildman–Crippen LogP) is 1.74. The molecule has 1 fully saturated rings. The Balaban J connectivity index is 1.76. The molecule has 0 saturated carbocycles. The summed E-state index contributed by atoms with van der Waals surface area (Å²) in [5.74, 6) is 0.656. The first-order chi connectivity index (χ1) is 9.75. The molecular weight excluding hydrogens is 256 g/mol. The minimum absolute atomic E-state index is 0.0129. The van der Waals surface area contributed by atoms with Crippen molar-refractivity contribution in [3.8, 4) is 5.75 Å². The van der Waals surface area contributed by atoms with Crippen LogP contribution in [-0.4, -0.2) is 50.3 Å². The number of hydrogen-bond donors (Lipinski definition) is 1. The molecule has 1 aromatic rings. The molecule has 5 heteroatoms. The lowest BCUT2D eigenvalue weighted by molar-refractivity contribution is 0.0584. The first-order valence-corrected chi connectivity index (χ1v) is 7.12. The Bertz CT molecular complexity index is 498. The van der Waals surface area contributed by atoms with Crippen molar-refractivity contribution >= 4 is 11.6 Å². The molecule has 0 aromatic heterocycles. The van der Waals surface area contributed by atoms with Crippen molar-refractivity contribution in [2.45, 2.75) is 18.9 Å². The number of ether oxygens (including phenoxy) is 2. The Morgan fingerprint density at radius 3 is 3.15 bits per heavy atom. The van der Waals surface area contributed by atoms with E-state index in [2.05, 4.69) is 5.32 Å². The van der Waals surface area contributed by atoms with Crippen molar-refractivity contribution in [1.82, 2.24) is 4.90 Å². The van der Waals surface area contributed by atoms with Crippen LogP contribution in [-0.2, 0) is 4.74 Å². The van der Waals surface area contributed by atoms with Gasteiger partial charge in [-0.05, 0) is 25.0 Å². The van der Waals surface area contributed by atoms with Gasteiger partial charge in [0.05, 0.1) is 17.4 Å². The van der Waals surface area contributed by atoms with Gasteiger partial charge < -0.3 is 19.7 Å². The number of fused-ring (bicyclic) bond motifs is 1. The zero-order valence-electron chi connectivity index (χ0n) is 11.7. The van der Waals surface area contributed by atoms with Gasteiger partial charge in [-0.3, -0.25) is 4.79 Å². The average Bonchev–Trinajstić information content (AvgIpc) is 2.99. The number of para-hydroxylation sites is 1. The number of carbonyl (C=O) groups is 1. The molecule has 0 radical (unpaired) electrons. The molecule has 3 rings (SSSR count). The van der Waals surface area contributed by atoms with Crippen LogP contribution in [0, 0.1) is 0 Å². The van der Waals surface area contributed by atoms with Crippen LogP contribution in [0.2, 0.25) is 0 Å². The molecule has 2 heterocycles. The summed E-state index contributed by atoms with van der Waals surface area (Å²) in [6.45, 7) is 2.81. The van der Waals surface area contributed by atoms with Crippen molar-refractivity contribution in [3.63, 3.8) is 0 Å². The molecule has 2 aliphatic heterocycles. The van der Waals surface area contributed by atoms with Gasteiger partial charge in [-0.2, -0.15) is 0 Å². The number of nitrogens with one attached hydrogen (secondary N) is 1. The highest BCUT2D eigenvalue weighted by molar-refractivity contribution is 5.98. The summed E-state index contributed by atoms with van der Waals surface area (Å²) in [7, 11) is 1.82. The minimum atomic E-state index is -0.0129. The van der Waals surface area contributed by atoms with Gasteiger partial charge in [-0.1, -0.05) is 6.07 Å². The zero-order valence-corrected chi connectivity index (χ0v) is 11.7. The summed E-state index contributed by atoms with van der Waals surface area (Å²) < 4.78 is 11.2. The van der Waals surface area contributed by atoms with E-state index >= 15 is 0 Å². The van der Waals surface area contributed by atoms with Crippen LogP contribution in [0.1, 0.15) is 23.2 Å². The largest absolute Gasteiger partial charge is 0.489 e. The first kappa shape index (κ1) is 13.2. The molecule has 1 atom stereocenters. The third-order valence-corrected chi connectivity index (χ3v) is 3.76. The molecule has 20 heavy (non-hydrogen) atoms. The fourth-order valence-electron chi connectivity index (χ4n) is 2.72. The lowest BCUT2D eigenvalue weighted by Gasteiger charge is -2.25. The molecule has 0 aliphatic carbocycles. The molecule has 1 aromatic carbocycles. The number of nitrogens with zero attached hydrogens (tertiary/aromatic N) is 1. The number of hydrogen-bond acceptors (Lipinski definition) is 4. The van der Waals surface area contributed by atoms with Gasteiger partial charge in [0, 0.05) is 26.7 Å². The van der Waals surface area contributed by atoms with Crippen LogP contribution < -0.4 is 10.1 Å². The monoisotopic (exact) mass is 276 g/mol. The highest BCUT2D eigenvalue weighted by Gasteiger charge is 2.24. The highest BCUT2D eigenvalue weighted by Crippen LogP contribution is 2.32. The summed E-state index contributed by atoms with van der Waals surface area (Å²) in [5.41, 5.74) is 1.52. The Hall–Kier alpha value is -1.75. The van der Waals surface area contributed by atoms with Crippen molar-refractivity contribution in [2.24, 2.45) is 0 Å². The van der Waals surface area contributed by atoms with Crippen LogP contribution in [0.15, 0.2) is 18.2 Å². The zero-order chi connectivity index (χ0) is 13.9. The second-order valence-corrected chi connectivity index (χ2v) is 5.28. The number of carbonyl (C=O) groups excluding carboxylic acids is 1. The van der Waals surface area contributed by atoms with Crippen molar-refractivity contribution in [2.75, 3.05) is 38.7 Å². The number of anilines is 1. The number of rotatable bonds is 3. The predicted molar refractivity (Wildman–Crippen MR) is 76.4 cm³/mol. The molecule has 0 spiro atoms. The van der Waals surface area contributed by atoms with Gasteiger partial charge in [0.15, 0.2) is 5.75 Å². The maximum atomic E-state index is 12.6. The maximum Gasteiger partial charge on any atom is 0.257 e. The third kappa shape index (κ3) is 2.58. The Morgan fingerprint density at radius 1 is 1.45 bits per heavy atom. The second kappa shape index (κ2) is 5.71. The standard InChI is InChI=1S/C15H20N2O3/c1-17(10-11-4-3-8-19-11)15(18)12-5-2-6-13-14(12)20-9-7-16-13/h2,5-6,11,16H,3-4,7-10H2,1H3. The van der Waals surface area contributed by atoms with Crippen molar-refractivity contribution in [3.05, 3.63) is 23.8 Å². The molecule has 1 unspecified atom stereocenters. The van der Waals surface area contributed by atoms with Gasteiger partial charge >= 0.3 is 0 Å². The Morgan fingerprint density at radius 2 is 2.35 bits per heavy atom. The summed E-state index contributed by atoms with van der Waals surface area (Å²) >= 11 is 0. The van der Waals surface area contributed by atoms with E-state index in [9.17, 15) is 4.79 Å². The van der Waals surface area contributed by atoms with E-state index in [-0.39, 0.29) is 12.0 Å². The molecule has 2 aliphatic rings. The summed E-state index contributed by atoms with van der Waals surface area (Å²) in [6.07, 6.45) is 2.28. The van der Waals surface area contributed by atoms with E-state index in [0.29, 0.717) is 24.5 Å². The molecule has 0 bridgehead atoms. The van der Waals surface area contributed by atoms with Gasteiger partial charge in [0.25, 0.3) is 5.91 Å². The second-order valence-electron chi connectivity index (χ2n) is 5.28. The molecule has 1 N–H and O–H groups in total. The Kier molecular flexibility index (Phi) is 3.78. The van der Waals surface area contributed by atoms with Gasteiger partial charge in [-0.25, -0.2) is 0 Å². The summed E-state index contributed by atoms with van der Waals surface area (Å²) in [4.78, 5) is 14.3. The molecular formula is C15H20N2O3. The SMILES string of the molecule is CN(CC1CCCO1)C(=O)c1cccc2c1OCCN2. The fraction of sp³-hybridized carbons (Fsp3) is 0.533. The lowest BCUT2D eigenvalue weighted by atomic mass is 10.1. The van der Waals surface area contributed by atoms with E-state index in [0.717, 1.165) is 31.7 Å². The van der Waals surface area contributed by atoms with Crippen LogP contribution >= 0.6 is 0 Å². The highest BCUT2D eigenvalue weighted by atomic mass is 16.5. The average molecular weight is 276 g/mol. The molecule has 1 amide bonds. The van der Waals surface area contributed by atoms with Crippen LogP contribution in [0.5, 0.6) is 5.75 Å². The van der Waals surface area contributed by atoms with Crippen molar-refractivity contribution < 1.29 is 14.3 Å². The number of benzene rings is 1. The van der Waals surface area contributed by atoms with E-state index < -0.39 is 0 Å². The third-order valence-electron chi connectivity index (χ3n) is 3.76. The van der Waals surface area contributed by atoms with E-state index in [1.807, 2.05) is 25.2 Å². The van der Waals surface area contributed by atoms with Crippen molar-refractivity contribution in [1.29, 1.82) is 0 Å². The quantitative estimate of drug-likeness (QED) is 0.913. The van der Waals surface area contributed by atoms with E-state index in [1.54, 1.807) is 4.90 Å². The Labute approximate surface area is 118 Å². The first-order valence-electron chi connectivity index (χ1n) is 7.12. The normalized spacial score (nSPS) is 20.8. The van der Waals surface area contributed by atoms with Gasteiger partial charge in [-0.15, -0.1) is 0 Å². The molecule has 108 valence electrons. The topological polar surface area (TPSA) is 50.8 Å². The summed E-state index contributed by atoms with van der Waals surface area (Å²) in [5, 5.41) is 3.25. The minimum Gasteiger partial charge on any atom is -0.489 e. The van der Waals surface area contributed by atoms with Crippen LogP contribution in [0.4, 0.5) is 5.69 Å². The van der Waals surface area contributed by atoms with E-state index in [4.69, 9.17) is 9.47 Å². The fourth-order valence-corrected chi connectivity index (χ4v) is 2.72. The van der Waals surface area contributed by atoms with Crippen LogP contribution in [0.25, 0.3) is 0 Å². The summed E-state index contributed by atoms with van der Waals surface area (Å²) in [6, 6.07) is 5.64. The van der Waals surface area contributed by atoms with Gasteiger partial charge in [0.1, 0.15) is 6.61 Å². The number of amides is 1. The molecule has 1 saturated heterocycles. The van der Waals surface area contributed by atoms with E-state index in [1.165, 1.54) is 0 Å². The maximum absolute atomic E-state index is 12.6. The smallest absolute Gasteiger partial charge is 0.257 e. The molecule has 5 nitrogen and oxygen atoms in total. The number of likely N-dealkylation sites (N-methyl/N-ethyl adjacent to an activating group) is 1. The van der Waals surface area contributed by atoms with Crippen LogP contribution in [0.3, 0.4) is 0 Å². The van der Waals surface area contributed by atoms with Gasteiger partial charge in [0.2, 0.25) is 0 Å².